The molecule has 2 unspecified atom stereocenters. The van der Waals surface area contributed by atoms with Gasteiger partial charge in [0.1, 0.15) is 0 Å². The Hall–Kier alpha value is 0.555. The molecule has 0 bridgehead atoms. The van der Waals surface area contributed by atoms with Crippen LogP contribution >= 0.6 is 31.9 Å². The van der Waals surface area contributed by atoms with Gasteiger partial charge in [0.25, 0.3) is 0 Å². The van der Waals surface area contributed by atoms with E-state index in [0.717, 1.165) is 8.95 Å². The molecule has 0 aliphatic rings. The van der Waals surface area contributed by atoms with Crippen LogP contribution < -0.4 is 0 Å². The van der Waals surface area contributed by atoms with Crippen LogP contribution in [-0.4, -0.2) is 8.42 Å². The molecular weight excluding hydrogens is 633 g/mol. The quantitative estimate of drug-likeness (QED) is 0.450. The van der Waals surface area contributed by atoms with Crippen molar-refractivity contribution >= 4 is 54.0 Å². The van der Waals surface area contributed by atoms with E-state index >= 15 is 0 Å². The molecule has 0 amide bonds. The summed E-state index contributed by atoms with van der Waals surface area (Å²) in [7, 11) is 0. The van der Waals surface area contributed by atoms with E-state index in [0.29, 0.717) is 9.79 Å². The van der Waals surface area contributed by atoms with Crippen molar-refractivity contribution in [1.82, 2.24) is 0 Å². The Kier molecular flexibility index (Phi) is 7.67. The molecule has 2 aromatic carbocycles. The van der Waals surface area contributed by atoms with Crippen LogP contribution in [0.4, 0.5) is 0 Å². The van der Waals surface area contributed by atoms with E-state index in [1.54, 1.807) is 48.5 Å². The summed E-state index contributed by atoms with van der Waals surface area (Å²) in [5, 5.41) is 0. The fraction of sp³-hybridized carbons (Fsp3) is 0. The fourth-order valence-corrected chi connectivity index (χ4v) is 9.77. The Balaban J connectivity index is 1.83. The van der Waals surface area contributed by atoms with Crippen LogP contribution in [0.2, 0.25) is 0 Å². The predicted molar refractivity (Wildman–Crippen MR) is 83.3 cm³/mol. The van der Waals surface area contributed by atoms with Crippen molar-refractivity contribution < 1.29 is 38.1 Å². The van der Waals surface area contributed by atoms with Crippen molar-refractivity contribution in [2.45, 2.75) is 9.79 Å². The van der Waals surface area contributed by atoms with E-state index in [1.165, 1.54) is 0 Å². The minimum absolute atomic E-state index is 0.566. The van der Waals surface area contributed by atoms with Crippen molar-refractivity contribution in [2.75, 3.05) is 0 Å². The summed E-state index contributed by atoms with van der Waals surface area (Å²) in [5.41, 5.74) is 0. The average Bonchev–Trinajstić information content (AvgIpc) is 2.48. The van der Waals surface area contributed by atoms with Gasteiger partial charge < -0.3 is 0 Å². The summed E-state index contributed by atoms with van der Waals surface area (Å²) >= 11 is 1.11. The summed E-state index contributed by atoms with van der Waals surface area (Å²) in [5.74, 6) is 0. The van der Waals surface area contributed by atoms with E-state index in [9.17, 15) is 8.42 Å². The van der Waals surface area contributed by atoms with Gasteiger partial charge in [0.15, 0.2) is 0 Å². The standard InChI is InChI=1S/2C6H5BrO2S.Hg/c2*7-5-1-3-6(4-2-5)10(8)9;/h2*1-4H,(H,8,9);/q;;+2/p-2. The third kappa shape index (κ3) is 5.93. The minimum atomic E-state index is -2.39. The Morgan fingerprint density at radius 2 is 1.05 bits per heavy atom. The van der Waals surface area contributed by atoms with Crippen molar-refractivity contribution in [3.05, 3.63) is 57.5 Å². The SMILES string of the molecule is O=S([O][Hg][O]S(=O)c1ccc(Br)cc1)c1ccc(Br)cc1. The number of hydrogen-bond donors (Lipinski definition) is 0. The molecule has 2 atom stereocenters. The molecule has 4 nitrogen and oxygen atoms in total. The van der Waals surface area contributed by atoms with Gasteiger partial charge in [0.2, 0.25) is 0 Å². The Bertz CT molecular complexity index is 592. The van der Waals surface area contributed by atoms with Gasteiger partial charge in [-0.2, -0.15) is 0 Å². The zero-order valence-corrected chi connectivity index (χ0v) is 20.8. The van der Waals surface area contributed by atoms with Gasteiger partial charge in [-0.05, 0) is 0 Å². The first-order chi connectivity index (χ1) is 10.1. The average molecular weight is 641 g/mol. The topological polar surface area (TPSA) is 52.6 Å². The molecule has 0 saturated heterocycles. The molecule has 21 heavy (non-hydrogen) atoms. The summed E-state index contributed by atoms with van der Waals surface area (Å²) < 4.78 is 36.0. The molecule has 2 aromatic rings. The van der Waals surface area contributed by atoms with Gasteiger partial charge in [0.05, 0.1) is 0 Å². The number of benzene rings is 2. The van der Waals surface area contributed by atoms with E-state index in [2.05, 4.69) is 31.9 Å². The van der Waals surface area contributed by atoms with E-state index in [4.69, 9.17) is 4.18 Å². The maximum atomic E-state index is 11.9. The first kappa shape index (κ1) is 17.9. The zero-order valence-electron chi connectivity index (χ0n) is 10.5. The van der Waals surface area contributed by atoms with Gasteiger partial charge in [-0.15, -0.1) is 0 Å². The van der Waals surface area contributed by atoms with Crippen LogP contribution in [0, 0.1) is 0 Å². The number of rotatable bonds is 6. The fourth-order valence-electron chi connectivity index (χ4n) is 1.33. The second-order valence-electron chi connectivity index (χ2n) is 3.73. The van der Waals surface area contributed by atoms with Crippen LogP contribution in [0.5, 0.6) is 0 Å². The van der Waals surface area contributed by atoms with E-state index in [-0.39, 0.29) is 0 Å². The molecule has 2 rings (SSSR count). The van der Waals surface area contributed by atoms with Gasteiger partial charge >= 0.3 is 159 Å². The monoisotopic (exact) mass is 640 g/mol. The molecule has 0 saturated carbocycles. The predicted octanol–water partition coefficient (Wildman–Crippen LogP) is 3.90. The van der Waals surface area contributed by atoms with Crippen molar-refractivity contribution in [3.8, 4) is 0 Å². The van der Waals surface area contributed by atoms with Gasteiger partial charge in [0, 0.05) is 0 Å². The number of halogens is 2. The molecular formula is C12H8Br2HgO4S2. The molecule has 9 heteroatoms. The summed E-state index contributed by atoms with van der Waals surface area (Å²) in [6.07, 6.45) is 0. The van der Waals surface area contributed by atoms with Crippen molar-refractivity contribution in [3.63, 3.8) is 0 Å². The summed E-state index contributed by atoms with van der Waals surface area (Å²) in [4.78, 5) is 1.13. The molecule has 108 valence electrons. The second kappa shape index (κ2) is 9.00. The van der Waals surface area contributed by atoms with Crippen LogP contribution in [0.3, 0.4) is 0 Å². The summed E-state index contributed by atoms with van der Waals surface area (Å²) in [6, 6.07) is 14.0. The maximum absolute atomic E-state index is 11.9. The van der Waals surface area contributed by atoms with Gasteiger partial charge in [-0.3, -0.25) is 0 Å². The molecule has 0 heterocycles. The molecule has 0 aromatic heterocycles. The zero-order chi connectivity index (χ0) is 15.2. The van der Waals surface area contributed by atoms with Gasteiger partial charge in [-0.25, -0.2) is 0 Å². The third-order valence-electron chi connectivity index (χ3n) is 2.32. The molecule has 0 N–H and O–H groups in total. The molecule has 0 spiro atoms. The summed E-state index contributed by atoms with van der Waals surface area (Å²) in [6.45, 7) is 0. The first-order valence-corrected chi connectivity index (χ1v) is 13.9. The van der Waals surface area contributed by atoms with Crippen LogP contribution in [0.1, 0.15) is 0 Å². The normalized spacial score (nSPS) is 13.4. The Morgan fingerprint density at radius 3 is 1.38 bits per heavy atom. The van der Waals surface area contributed by atoms with E-state index in [1.807, 2.05) is 0 Å². The molecule has 0 radical (unpaired) electrons. The third-order valence-corrected chi connectivity index (χ3v) is 12.6. The van der Waals surface area contributed by atoms with E-state index < -0.39 is 47.6 Å². The molecule has 0 fully saturated rings. The number of hydrogen-bond acceptors (Lipinski definition) is 4. The second-order valence-corrected chi connectivity index (χ2v) is 14.3. The van der Waals surface area contributed by atoms with Crippen LogP contribution in [0.25, 0.3) is 0 Å². The van der Waals surface area contributed by atoms with Crippen molar-refractivity contribution in [2.24, 2.45) is 0 Å². The molecule has 0 aliphatic carbocycles. The first-order valence-electron chi connectivity index (χ1n) is 5.67. The Morgan fingerprint density at radius 1 is 0.714 bits per heavy atom. The molecule has 0 aliphatic heterocycles. The Labute approximate surface area is 158 Å². The van der Waals surface area contributed by atoms with Gasteiger partial charge in [-0.1, -0.05) is 0 Å². The van der Waals surface area contributed by atoms with Crippen LogP contribution in [-0.2, 0) is 51.8 Å². The van der Waals surface area contributed by atoms with Crippen LogP contribution in [0.15, 0.2) is 67.3 Å². The van der Waals surface area contributed by atoms with Crippen molar-refractivity contribution in [1.29, 1.82) is 0 Å².